The Kier molecular flexibility index (Phi) is 3.88. The lowest BCUT2D eigenvalue weighted by Gasteiger charge is -2.15. The van der Waals surface area contributed by atoms with Gasteiger partial charge in [-0.25, -0.2) is 0 Å². The van der Waals surface area contributed by atoms with Crippen molar-refractivity contribution in [2.75, 3.05) is 0 Å². The Morgan fingerprint density at radius 2 is 1.81 bits per heavy atom. The largest absolute Gasteiger partial charge is 0.480 e. The van der Waals surface area contributed by atoms with Crippen molar-refractivity contribution in [3.63, 3.8) is 0 Å². The zero-order valence-corrected chi connectivity index (χ0v) is 11.5. The predicted octanol–water partition coefficient (Wildman–Crippen LogP) is 3.36. The molecule has 0 aromatic heterocycles. The standard InChI is InChI=1S/C17H17NO3/c19-17(20)16(18-13-9-10-13)12-5-4-8-15(11-12)21-14-6-2-1-3-7-14/h1-8,11,13,16,18H,9-10H2,(H,19,20). The van der Waals surface area contributed by atoms with Crippen LogP contribution in [0.5, 0.6) is 11.5 Å². The average molecular weight is 283 g/mol. The quantitative estimate of drug-likeness (QED) is 0.853. The minimum atomic E-state index is -0.862. The van der Waals surface area contributed by atoms with Gasteiger partial charge < -0.3 is 9.84 Å². The number of rotatable bonds is 6. The van der Waals surface area contributed by atoms with Gasteiger partial charge in [-0.05, 0) is 42.7 Å². The van der Waals surface area contributed by atoms with E-state index in [-0.39, 0.29) is 0 Å². The summed E-state index contributed by atoms with van der Waals surface area (Å²) < 4.78 is 5.75. The summed E-state index contributed by atoms with van der Waals surface area (Å²) in [5.74, 6) is 0.512. The van der Waals surface area contributed by atoms with Gasteiger partial charge in [0, 0.05) is 6.04 Å². The maximum atomic E-state index is 11.4. The van der Waals surface area contributed by atoms with E-state index in [9.17, 15) is 9.90 Å². The van der Waals surface area contributed by atoms with E-state index in [1.54, 1.807) is 6.07 Å². The van der Waals surface area contributed by atoms with Crippen LogP contribution < -0.4 is 10.1 Å². The molecule has 0 radical (unpaired) electrons. The summed E-state index contributed by atoms with van der Waals surface area (Å²) in [6.45, 7) is 0. The highest BCUT2D eigenvalue weighted by atomic mass is 16.5. The molecule has 2 aromatic rings. The topological polar surface area (TPSA) is 58.6 Å². The maximum Gasteiger partial charge on any atom is 0.325 e. The van der Waals surface area contributed by atoms with Crippen molar-refractivity contribution in [2.45, 2.75) is 24.9 Å². The molecule has 0 spiro atoms. The van der Waals surface area contributed by atoms with Crippen molar-refractivity contribution in [2.24, 2.45) is 0 Å². The monoisotopic (exact) mass is 283 g/mol. The first-order chi connectivity index (χ1) is 10.2. The molecule has 0 amide bonds. The molecule has 1 fully saturated rings. The van der Waals surface area contributed by atoms with Crippen LogP contribution in [0, 0.1) is 0 Å². The number of carboxylic acids is 1. The van der Waals surface area contributed by atoms with Gasteiger partial charge in [0.05, 0.1) is 0 Å². The van der Waals surface area contributed by atoms with E-state index >= 15 is 0 Å². The van der Waals surface area contributed by atoms with Gasteiger partial charge in [-0.2, -0.15) is 0 Å². The molecule has 1 saturated carbocycles. The highest BCUT2D eigenvalue weighted by Crippen LogP contribution is 2.28. The molecule has 1 aliphatic rings. The van der Waals surface area contributed by atoms with E-state index < -0.39 is 12.0 Å². The minimum absolute atomic E-state index is 0.324. The Morgan fingerprint density at radius 1 is 1.10 bits per heavy atom. The lowest BCUT2D eigenvalue weighted by atomic mass is 10.1. The Balaban J connectivity index is 1.79. The van der Waals surface area contributed by atoms with Gasteiger partial charge in [0.15, 0.2) is 0 Å². The van der Waals surface area contributed by atoms with E-state index in [2.05, 4.69) is 5.32 Å². The molecular formula is C17H17NO3. The highest BCUT2D eigenvalue weighted by molar-refractivity contribution is 5.75. The fourth-order valence-corrected chi connectivity index (χ4v) is 2.18. The van der Waals surface area contributed by atoms with Crippen LogP contribution in [0.4, 0.5) is 0 Å². The fourth-order valence-electron chi connectivity index (χ4n) is 2.18. The Morgan fingerprint density at radius 3 is 2.48 bits per heavy atom. The zero-order chi connectivity index (χ0) is 14.7. The van der Waals surface area contributed by atoms with Crippen LogP contribution in [0.2, 0.25) is 0 Å². The van der Waals surface area contributed by atoms with Gasteiger partial charge >= 0.3 is 5.97 Å². The van der Waals surface area contributed by atoms with Gasteiger partial charge in [-0.15, -0.1) is 0 Å². The Labute approximate surface area is 123 Å². The molecule has 1 aliphatic carbocycles. The SMILES string of the molecule is O=C(O)C(NC1CC1)c1cccc(Oc2ccccc2)c1. The summed E-state index contributed by atoms with van der Waals surface area (Å²) in [7, 11) is 0. The molecule has 1 atom stereocenters. The van der Waals surface area contributed by atoms with Gasteiger partial charge in [-0.3, -0.25) is 10.1 Å². The minimum Gasteiger partial charge on any atom is -0.480 e. The maximum absolute atomic E-state index is 11.4. The van der Waals surface area contributed by atoms with Crippen LogP contribution in [0.25, 0.3) is 0 Å². The number of carboxylic acid groups (broad SMARTS) is 1. The number of hydrogen-bond acceptors (Lipinski definition) is 3. The van der Waals surface area contributed by atoms with Crippen LogP contribution in [0.15, 0.2) is 54.6 Å². The third-order valence-corrected chi connectivity index (χ3v) is 3.40. The van der Waals surface area contributed by atoms with Gasteiger partial charge in [0.25, 0.3) is 0 Å². The van der Waals surface area contributed by atoms with E-state index in [1.165, 1.54) is 0 Å². The molecular weight excluding hydrogens is 266 g/mol. The van der Waals surface area contributed by atoms with Crippen LogP contribution in [0.1, 0.15) is 24.4 Å². The van der Waals surface area contributed by atoms with Crippen molar-refractivity contribution in [1.82, 2.24) is 5.32 Å². The van der Waals surface area contributed by atoms with Crippen LogP contribution in [-0.2, 0) is 4.79 Å². The van der Waals surface area contributed by atoms with Gasteiger partial charge in [-0.1, -0.05) is 30.3 Å². The first kappa shape index (κ1) is 13.6. The summed E-state index contributed by atoms with van der Waals surface area (Å²) in [6, 6.07) is 16.3. The van der Waals surface area contributed by atoms with Crippen molar-refractivity contribution in [1.29, 1.82) is 0 Å². The molecule has 1 unspecified atom stereocenters. The van der Waals surface area contributed by atoms with Crippen molar-refractivity contribution < 1.29 is 14.6 Å². The number of ether oxygens (including phenoxy) is 1. The lowest BCUT2D eigenvalue weighted by Crippen LogP contribution is -2.30. The molecule has 108 valence electrons. The van der Waals surface area contributed by atoms with Gasteiger partial charge in [0.1, 0.15) is 17.5 Å². The number of hydrogen-bond donors (Lipinski definition) is 2. The molecule has 2 N–H and O–H groups in total. The van der Waals surface area contributed by atoms with Crippen molar-refractivity contribution >= 4 is 5.97 Å². The normalized spacial score (nSPS) is 15.4. The number of aliphatic carboxylic acids is 1. The third-order valence-electron chi connectivity index (χ3n) is 3.40. The molecule has 2 aromatic carbocycles. The van der Waals surface area contributed by atoms with Crippen LogP contribution in [0.3, 0.4) is 0 Å². The van der Waals surface area contributed by atoms with Crippen molar-refractivity contribution in [3.8, 4) is 11.5 Å². The Hall–Kier alpha value is -2.33. The molecule has 4 heteroatoms. The first-order valence-corrected chi connectivity index (χ1v) is 7.04. The predicted molar refractivity (Wildman–Crippen MR) is 79.5 cm³/mol. The average Bonchev–Trinajstić information content (AvgIpc) is 3.30. The van der Waals surface area contributed by atoms with Gasteiger partial charge in [0.2, 0.25) is 0 Å². The summed E-state index contributed by atoms with van der Waals surface area (Å²) in [5, 5.41) is 12.5. The molecule has 0 saturated heterocycles. The lowest BCUT2D eigenvalue weighted by molar-refractivity contribution is -0.139. The molecule has 0 aliphatic heterocycles. The first-order valence-electron chi connectivity index (χ1n) is 7.04. The second-order valence-electron chi connectivity index (χ2n) is 5.20. The molecule has 0 heterocycles. The summed E-state index contributed by atoms with van der Waals surface area (Å²) >= 11 is 0. The summed E-state index contributed by atoms with van der Waals surface area (Å²) in [4.78, 5) is 11.4. The molecule has 3 rings (SSSR count). The zero-order valence-electron chi connectivity index (χ0n) is 11.5. The molecule has 0 bridgehead atoms. The molecule has 21 heavy (non-hydrogen) atoms. The van der Waals surface area contributed by atoms with E-state index in [0.717, 1.165) is 18.6 Å². The number of para-hydroxylation sites is 1. The molecule has 4 nitrogen and oxygen atoms in total. The van der Waals surface area contributed by atoms with E-state index in [4.69, 9.17) is 4.74 Å². The number of carbonyl (C=O) groups is 1. The number of nitrogens with one attached hydrogen (secondary N) is 1. The Bertz CT molecular complexity index is 623. The van der Waals surface area contributed by atoms with E-state index in [0.29, 0.717) is 17.4 Å². The summed E-state index contributed by atoms with van der Waals surface area (Å²) in [6.07, 6.45) is 2.09. The highest BCUT2D eigenvalue weighted by Gasteiger charge is 2.29. The second kappa shape index (κ2) is 5.97. The van der Waals surface area contributed by atoms with Crippen LogP contribution in [-0.4, -0.2) is 17.1 Å². The number of benzene rings is 2. The van der Waals surface area contributed by atoms with Crippen molar-refractivity contribution in [3.05, 3.63) is 60.2 Å². The fraction of sp³-hybridized carbons (Fsp3) is 0.235. The van der Waals surface area contributed by atoms with Crippen LogP contribution >= 0.6 is 0 Å². The van der Waals surface area contributed by atoms with E-state index in [1.807, 2.05) is 48.5 Å². The summed E-state index contributed by atoms with van der Waals surface area (Å²) in [5.41, 5.74) is 0.711. The second-order valence-corrected chi connectivity index (χ2v) is 5.20. The smallest absolute Gasteiger partial charge is 0.325 e. The third kappa shape index (κ3) is 3.61.